The molecule has 116 valence electrons. The van der Waals surface area contributed by atoms with Crippen LogP contribution in [0.15, 0.2) is 62.7 Å². The van der Waals surface area contributed by atoms with Crippen LogP contribution in [-0.2, 0) is 10.0 Å². The summed E-state index contributed by atoms with van der Waals surface area (Å²) in [6.45, 7) is 0. The first-order valence-corrected chi connectivity index (χ1v) is 9.01. The zero-order chi connectivity index (χ0) is 16.4. The molecule has 5 nitrogen and oxygen atoms in total. The fraction of sp³-hybridized carbons (Fsp3) is 0.0625. The summed E-state index contributed by atoms with van der Waals surface area (Å²) in [6.07, 6.45) is 1.51. The van der Waals surface area contributed by atoms with Gasteiger partial charge in [0.2, 0.25) is 0 Å². The summed E-state index contributed by atoms with van der Waals surface area (Å²) < 4.78 is 32.0. The van der Waals surface area contributed by atoms with E-state index in [2.05, 4.69) is 6.07 Å². The van der Waals surface area contributed by atoms with E-state index >= 15 is 0 Å². The van der Waals surface area contributed by atoms with E-state index in [1.165, 1.54) is 29.0 Å². The van der Waals surface area contributed by atoms with Gasteiger partial charge in [0.15, 0.2) is 0 Å². The van der Waals surface area contributed by atoms with Crippen LogP contribution in [-0.4, -0.2) is 15.5 Å². The molecule has 7 heteroatoms. The molecule has 1 aromatic carbocycles. The molecule has 2 aromatic heterocycles. The highest BCUT2D eigenvalue weighted by Gasteiger charge is 2.24. The molecule has 0 saturated carbocycles. The van der Waals surface area contributed by atoms with Crippen molar-refractivity contribution < 1.29 is 12.8 Å². The van der Waals surface area contributed by atoms with E-state index in [1.807, 2.05) is 0 Å². The number of benzene rings is 1. The molecule has 23 heavy (non-hydrogen) atoms. The molecule has 0 N–H and O–H groups in total. The fourth-order valence-corrected chi connectivity index (χ4v) is 4.43. The number of hydrogen-bond acceptors (Lipinski definition) is 5. The van der Waals surface area contributed by atoms with Gasteiger partial charge in [-0.2, -0.15) is 16.6 Å². The molecular formula is C16H12N2O3S2. The molecule has 0 unspecified atom stereocenters. The summed E-state index contributed by atoms with van der Waals surface area (Å²) in [6, 6.07) is 11.9. The Morgan fingerprint density at radius 3 is 2.70 bits per heavy atom. The SMILES string of the molecule is CN(c1ccc(C#N)cc1-c1ccco1)S(=O)(=O)c1ccsc1. The van der Waals surface area contributed by atoms with Gasteiger partial charge >= 0.3 is 0 Å². The van der Waals surface area contributed by atoms with Crippen molar-refractivity contribution in [1.82, 2.24) is 0 Å². The summed E-state index contributed by atoms with van der Waals surface area (Å²) in [5, 5.41) is 12.4. The van der Waals surface area contributed by atoms with Crippen LogP contribution in [0.2, 0.25) is 0 Å². The van der Waals surface area contributed by atoms with Gasteiger partial charge in [-0.15, -0.1) is 0 Å². The van der Waals surface area contributed by atoms with Crippen LogP contribution in [0.1, 0.15) is 5.56 Å². The Labute approximate surface area is 138 Å². The number of furan rings is 1. The highest BCUT2D eigenvalue weighted by atomic mass is 32.2. The van der Waals surface area contributed by atoms with Crippen LogP contribution in [0.25, 0.3) is 11.3 Å². The number of hydrogen-bond donors (Lipinski definition) is 0. The highest BCUT2D eigenvalue weighted by Crippen LogP contribution is 2.34. The van der Waals surface area contributed by atoms with Gasteiger partial charge in [0, 0.05) is 18.0 Å². The smallest absolute Gasteiger partial charge is 0.264 e. The molecule has 0 spiro atoms. The van der Waals surface area contributed by atoms with Gasteiger partial charge in [-0.05, 0) is 41.8 Å². The minimum Gasteiger partial charge on any atom is -0.464 e. The summed E-state index contributed by atoms with van der Waals surface area (Å²) in [5.41, 5.74) is 1.43. The predicted octanol–water partition coefficient (Wildman–Crippen LogP) is 3.70. The number of thiophene rings is 1. The monoisotopic (exact) mass is 344 g/mol. The Hall–Kier alpha value is -2.56. The van der Waals surface area contributed by atoms with Crippen molar-refractivity contribution in [2.75, 3.05) is 11.4 Å². The minimum absolute atomic E-state index is 0.236. The average molecular weight is 344 g/mol. The lowest BCUT2D eigenvalue weighted by Gasteiger charge is -2.21. The Morgan fingerprint density at radius 2 is 2.09 bits per heavy atom. The summed E-state index contributed by atoms with van der Waals surface area (Å²) in [7, 11) is -2.18. The van der Waals surface area contributed by atoms with E-state index in [0.717, 1.165) is 0 Å². The number of sulfonamides is 1. The lowest BCUT2D eigenvalue weighted by molar-refractivity contribution is 0.582. The largest absolute Gasteiger partial charge is 0.464 e. The zero-order valence-electron chi connectivity index (χ0n) is 12.1. The maximum atomic E-state index is 12.7. The van der Waals surface area contributed by atoms with Crippen LogP contribution in [0.5, 0.6) is 0 Å². The third-order valence-electron chi connectivity index (χ3n) is 3.41. The van der Waals surface area contributed by atoms with E-state index in [-0.39, 0.29) is 4.90 Å². The molecule has 3 aromatic rings. The Kier molecular flexibility index (Phi) is 3.94. The van der Waals surface area contributed by atoms with Gasteiger partial charge in [-0.3, -0.25) is 4.31 Å². The molecule has 0 amide bonds. The summed E-state index contributed by atoms with van der Waals surface area (Å²) in [4.78, 5) is 0.236. The van der Waals surface area contributed by atoms with Gasteiger partial charge in [-0.25, -0.2) is 8.42 Å². The molecule has 0 aliphatic heterocycles. The molecule has 2 heterocycles. The summed E-state index contributed by atoms with van der Waals surface area (Å²) in [5.74, 6) is 0.504. The molecule has 0 atom stereocenters. The van der Waals surface area contributed by atoms with Crippen molar-refractivity contribution in [1.29, 1.82) is 5.26 Å². The normalized spacial score (nSPS) is 11.1. The zero-order valence-corrected chi connectivity index (χ0v) is 13.8. The quantitative estimate of drug-likeness (QED) is 0.723. The van der Waals surface area contributed by atoms with Crippen molar-refractivity contribution in [2.45, 2.75) is 4.90 Å². The van der Waals surface area contributed by atoms with Crippen molar-refractivity contribution in [3.8, 4) is 17.4 Å². The van der Waals surface area contributed by atoms with Crippen molar-refractivity contribution in [2.24, 2.45) is 0 Å². The molecule has 3 rings (SSSR count). The Morgan fingerprint density at radius 1 is 1.26 bits per heavy atom. The summed E-state index contributed by atoms with van der Waals surface area (Å²) >= 11 is 1.32. The number of anilines is 1. The van der Waals surface area contributed by atoms with Crippen molar-refractivity contribution in [3.63, 3.8) is 0 Å². The van der Waals surface area contributed by atoms with Crippen LogP contribution in [0.4, 0.5) is 5.69 Å². The van der Waals surface area contributed by atoms with Gasteiger partial charge in [-0.1, -0.05) is 0 Å². The minimum atomic E-state index is -3.66. The molecule has 0 aliphatic rings. The maximum absolute atomic E-state index is 12.7. The highest BCUT2D eigenvalue weighted by molar-refractivity contribution is 7.93. The predicted molar refractivity (Wildman–Crippen MR) is 88.8 cm³/mol. The molecule has 0 fully saturated rings. The number of nitrogens with zero attached hydrogens (tertiary/aromatic N) is 2. The van der Waals surface area contributed by atoms with Gasteiger partial charge < -0.3 is 4.42 Å². The maximum Gasteiger partial charge on any atom is 0.264 e. The third kappa shape index (κ3) is 2.74. The third-order valence-corrected chi connectivity index (χ3v) is 6.00. The van der Waals surface area contributed by atoms with Crippen LogP contribution < -0.4 is 4.31 Å². The lowest BCUT2D eigenvalue weighted by Crippen LogP contribution is -2.26. The van der Waals surface area contributed by atoms with Gasteiger partial charge in [0.05, 0.1) is 28.5 Å². The number of nitriles is 1. The van der Waals surface area contributed by atoms with Crippen molar-refractivity contribution in [3.05, 3.63) is 59.0 Å². The van der Waals surface area contributed by atoms with E-state index in [1.54, 1.807) is 47.2 Å². The van der Waals surface area contributed by atoms with Gasteiger partial charge in [0.25, 0.3) is 10.0 Å². The van der Waals surface area contributed by atoms with Gasteiger partial charge in [0.1, 0.15) is 5.76 Å². The first-order chi connectivity index (χ1) is 11.0. The second-order valence-electron chi connectivity index (χ2n) is 4.75. The first kappa shape index (κ1) is 15.3. The van der Waals surface area contributed by atoms with E-state index < -0.39 is 10.0 Å². The van der Waals surface area contributed by atoms with Crippen molar-refractivity contribution >= 4 is 27.0 Å². The molecule has 0 bridgehead atoms. The lowest BCUT2D eigenvalue weighted by atomic mass is 10.1. The average Bonchev–Trinajstić information content (AvgIpc) is 3.26. The van der Waals surface area contributed by atoms with E-state index in [4.69, 9.17) is 9.68 Å². The van der Waals surface area contributed by atoms with E-state index in [0.29, 0.717) is 22.6 Å². The van der Waals surface area contributed by atoms with Crippen LogP contribution in [0, 0.1) is 11.3 Å². The second-order valence-corrected chi connectivity index (χ2v) is 7.50. The number of rotatable bonds is 4. The van der Waals surface area contributed by atoms with Crippen LogP contribution >= 0.6 is 11.3 Å². The Balaban J connectivity index is 2.15. The van der Waals surface area contributed by atoms with E-state index in [9.17, 15) is 8.42 Å². The standard InChI is InChI=1S/C16H12N2O3S2/c1-18(23(19,20)13-6-8-22-11-13)15-5-4-12(10-17)9-14(15)16-3-2-7-21-16/h2-9,11H,1H3. The molecular weight excluding hydrogens is 332 g/mol. The second kappa shape index (κ2) is 5.91. The molecule has 0 aliphatic carbocycles. The fourth-order valence-electron chi connectivity index (χ4n) is 2.20. The topological polar surface area (TPSA) is 74.3 Å². The molecule has 0 saturated heterocycles. The molecule has 0 radical (unpaired) electrons. The van der Waals surface area contributed by atoms with Crippen LogP contribution in [0.3, 0.4) is 0 Å². The Bertz CT molecular complexity index is 953. The first-order valence-electron chi connectivity index (χ1n) is 6.63.